The Morgan fingerprint density at radius 3 is 2.83 bits per heavy atom. The predicted molar refractivity (Wildman–Crippen MR) is 101 cm³/mol. The highest BCUT2D eigenvalue weighted by atomic mass is 16.7. The molecule has 0 bridgehead atoms. The molecule has 2 aliphatic heterocycles. The van der Waals surface area contributed by atoms with Gasteiger partial charge in [-0.15, -0.1) is 0 Å². The standard InChI is InChI=1S/C20H15N3O6/c1-2-20(26)12-8-14-16-11(7-10-5-3-4-6-13(10)21-16)9-22(14)17(24)15(12)18(23(27)28)29-19(20)25/h3-8,18,26H,2,9H2,1H3/t18?,20-/m0/s1. The second-order valence-electron chi connectivity index (χ2n) is 7.19. The number of rotatable bonds is 2. The van der Waals surface area contributed by atoms with Gasteiger partial charge >= 0.3 is 12.2 Å². The average molecular weight is 393 g/mol. The van der Waals surface area contributed by atoms with E-state index in [4.69, 9.17) is 4.74 Å². The van der Waals surface area contributed by atoms with Crippen LogP contribution in [0, 0.1) is 10.1 Å². The van der Waals surface area contributed by atoms with Crippen LogP contribution in [0.3, 0.4) is 0 Å². The Morgan fingerprint density at radius 2 is 2.10 bits per heavy atom. The molecule has 0 fully saturated rings. The first-order chi connectivity index (χ1) is 13.8. The van der Waals surface area contributed by atoms with Crippen molar-refractivity contribution in [2.24, 2.45) is 0 Å². The molecule has 0 saturated heterocycles. The molecule has 2 aromatic heterocycles. The molecule has 1 unspecified atom stereocenters. The van der Waals surface area contributed by atoms with Crippen LogP contribution in [0.1, 0.15) is 36.3 Å². The van der Waals surface area contributed by atoms with Crippen LogP contribution in [0.2, 0.25) is 0 Å². The SMILES string of the molecule is CC[C@@]1(O)C(=O)OC([N+](=O)[O-])c2c1cc1n(c2=O)Cc2cc3ccccc3nc2-1. The van der Waals surface area contributed by atoms with E-state index in [-0.39, 0.29) is 24.1 Å². The van der Waals surface area contributed by atoms with Gasteiger partial charge in [0.05, 0.1) is 28.4 Å². The minimum atomic E-state index is -2.13. The fraction of sp³-hybridized carbons (Fsp3) is 0.250. The van der Waals surface area contributed by atoms with Gasteiger partial charge in [-0.1, -0.05) is 25.1 Å². The summed E-state index contributed by atoms with van der Waals surface area (Å²) in [6, 6.07) is 10.9. The summed E-state index contributed by atoms with van der Waals surface area (Å²) in [6.07, 6.45) is -2.05. The first kappa shape index (κ1) is 17.5. The van der Waals surface area contributed by atoms with Gasteiger partial charge in [0, 0.05) is 16.5 Å². The minimum absolute atomic E-state index is 0.0861. The van der Waals surface area contributed by atoms with Crippen molar-refractivity contribution in [3.05, 3.63) is 73.6 Å². The maximum atomic E-state index is 13.2. The van der Waals surface area contributed by atoms with E-state index in [1.54, 1.807) is 6.92 Å². The molecule has 0 saturated carbocycles. The number of esters is 1. The molecule has 9 nitrogen and oxygen atoms in total. The highest BCUT2D eigenvalue weighted by Crippen LogP contribution is 2.41. The maximum Gasteiger partial charge on any atom is 0.388 e. The number of pyridine rings is 2. The molecular weight excluding hydrogens is 378 g/mol. The van der Waals surface area contributed by atoms with Crippen LogP contribution in [-0.2, 0) is 21.7 Å². The highest BCUT2D eigenvalue weighted by Gasteiger charge is 2.52. The van der Waals surface area contributed by atoms with Gasteiger partial charge in [0.1, 0.15) is 5.56 Å². The normalized spacial score (nSPS) is 22.0. The first-order valence-electron chi connectivity index (χ1n) is 9.09. The van der Waals surface area contributed by atoms with Crippen molar-refractivity contribution in [1.82, 2.24) is 9.55 Å². The summed E-state index contributed by atoms with van der Waals surface area (Å²) in [7, 11) is 0. The zero-order valence-electron chi connectivity index (χ0n) is 15.3. The van der Waals surface area contributed by atoms with E-state index in [1.807, 2.05) is 30.3 Å². The maximum absolute atomic E-state index is 13.2. The van der Waals surface area contributed by atoms with Gasteiger partial charge in [0.25, 0.3) is 5.56 Å². The molecular formula is C20H15N3O6. The van der Waals surface area contributed by atoms with E-state index < -0.39 is 28.3 Å². The van der Waals surface area contributed by atoms with Crippen LogP contribution in [0.4, 0.5) is 0 Å². The van der Waals surface area contributed by atoms with Crippen LogP contribution >= 0.6 is 0 Å². The van der Waals surface area contributed by atoms with Crippen LogP contribution in [0.25, 0.3) is 22.3 Å². The third-order valence-corrected chi connectivity index (χ3v) is 5.66. The Kier molecular flexibility index (Phi) is 3.45. The average Bonchev–Trinajstić information content (AvgIpc) is 3.07. The summed E-state index contributed by atoms with van der Waals surface area (Å²) in [4.78, 5) is 40.9. The van der Waals surface area contributed by atoms with Gasteiger partial charge in [0.2, 0.25) is 0 Å². The first-order valence-corrected chi connectivity index (χ1v) is 9.09. The molecule has 4 heterocycles. The van der Waals surface area contributed by atoms with Crippen molar-refractivity contribution in [2.75, 3.05) is 0 Å². The van der Waals surface area contributed by atoms with Gasteiger partial charge in [-0.05, 0) is 24.6 Å². The Morgan fingerprint density at radius 1 is 1.34 bits per heavy atom. The summed E-state index contributed by atoms with van der Waals surface area (Å²) < 4.78 is 6.22. The number of carbonyl (C=O) groups is 1. The van der Waals surface area contributed by atoms with Crippen LogP contribution in [-0.4, -0.2) is 25.6 Å². The summed E-state index contributed by atoms with van der Waals surface area (Å²) >= 11 is 0. The van der Waals surface area contributed by atoms with Gasteiger partial charge in [0.15, 0.2) is 5.60 Å². The van der Waals surface area contributed by atoms with Crippen LogP contribution < -0.4 is 5.56 Å². The van der Waals surface area contributed by atoms with E-state index in [0.717, 1.165) is 16.5 Å². The van der Waals surface area contributed by atoms with Crippen molar-refractivity contribution < 1.29 is 19.6 Å². The lowest BCUT2D eigenvalue weighted by atomic mass is 9.85. The number of benzene rings is 1. The number of carbonyl (C=O) groups excluding carboxylic acids is 1. The number of hydrogen-bond acceptors (Lipinski definition) is 7. The van der Waals surface area contributed by atoms with E-state index >= 15 is 0 Å². The fourth-order valence-corrected chi connectivity index (χ4v) is 4.12. The molecule has 3 aromatic rings. The fourth-order valence-electron chi connectivity index (χ4n) is 4.12. The molecule has 29 heavy (non-hydrogen) atoms. The lowest BCUT2D eigenvalue weighted by Gasteiger charge is -2.32. The topological polar surface area (TPSA) is 125 Å². The molecule has 146 valence electrons. The molecule has 0 spiro atoms. The quantitative estimate of drug-likeness (QED) is 0.313. The highest BCUT2D eigenvalue weighted by molar-refractivity contribution is 5.86. The largest absolute Gasteiger partial charge is 0.392 e. The third-order valence-electron chi connectivity index (χ3n) is 5.66. The van der Waals surface area contributed by atoms with Gasteiger partial charge in [-0.2, -0.15) is 0 Å². The van der Waals surface area contributed by atoms with Crippen LogP contribution in [0.5, 0.6) is 0 Å². The summed E-state index contributed by atoms with van der Waals surface area (Å²) in [5.41, 5.74) is -0.711. The summed E-state index contributed by atoms with van der Waals surface area (Å²) in [5, 5.41) is 23.3. The van der Waals surface area contributed by atoms with Crippen LogP contribution in [0.15, 0.2) is 41.2 Å². The van der Waals surface area contributed by atoms with Crippen molar-refractivity contribution in [3.63, 3.8) is 0 Å². The molecule has 1 N–H and O–H groups in total. The molecule has 0 radical (unpaired) electrons. The number of para-hydroxylation sites is 1. The van der Waals surface area contributed by atoms with Crippen molar-refractivity contribution >= 4 is 16.9 Å². The molecule has 1 aromatic carbocycles. The van der Waals surface area contributed by atoms with Crippen molar-refractivity contribution in [2.45, 2.75) is 31.7 Å². The van der Waals surface area contributed by atoms with Gasteiger partial charge in [-0.3, -0.25) is 14.9 Å². The predicted octanol–water partition coefficient (Wildman–Crippen LogP) is 1.85. The lowest BCUT2D eigenvalue weighted by Crippen LogP contribution is -2.47. The number of cyclic esters (lactones) is 1. The lowest BCUT2D eigenvalue weighted by molar-refractivity contribution is -0.578. The number of hydrogen-bond donors (Lipinski definition) is 1. The number of ether oxygens (including phenoxy) is 1. The number of aromatic nitrogens is 2. The Bertz CT molecular complexity index is 1300. The van der Waals surface area contributed by atoms with E-state index in [2.05, 4.69) is 4.98 Å². The second-order valence-corrected chi connectivity index (χ2v) is 7.19. The Balaban J connectivity index is 1.83. The van der Waals surface area contributed by atoms with E-state index in [1.165, 1.54) is 10.6 Å². The Hall–Kier alpha value is -3.59. The molecule has 2 aliphatic rings. The number of aliphatic hydroxyl groups is 1. The molecule has 9 heteroatoms. The molecule has 2 atom stereocenters. The van der Waals surface area contributed by atoms with Crippen molar-refractivity contribution in [1.29, 1.82) is 0 Å². The summed E-state index contributed by atoms with van der Waals surface area (Å²) in [6.45, 7) is 1.74. The molecule has 0 aliphatic carbocycles. The van der Waals surface area contributed by atoms with Crippen molar-refractivity contribution in [3.8, 4) is 11.4 Å². The number of fused-ring (bicyclic) bond motifs is 5. The van der Waals surface area contributed by atoms with Gasteiger partial charge in [-0.25, -0.2) is 9.78 Å². The number of nitro groups is 1. The summed E-state index contributed by atoms with van der Waals surface area (Å²) in [5.74, 6) is -1.14. The van der Waals surface area contributed by atoms with Gasteiger partial charge < -0.3 is 14.4 Å². The zero-order valence-corrected chi connectivity index (χ0v) is 15.3. The molecule has 0 amide bonds. The zero-order chi connectivity index (χ0) is 20.5. The second kappa shape index (κ2) is 5.71. The third kappa shape index (κ3) is 2.21. The number of nitrogens with zero attached hydrogens (tertiary/aromatic N) is 3. The minimum Gasteiger partial charge on any atom is -0.392 e. The molecule has 5 rings (SSSR count). The Labute approximate surface area is 163 Å². The smallest absolute Gasteiger partial charge is 0.388 e. The van der Waals surface area contributed by atoms with E-state index in [9.17, 15) is 24.8 Å². The van der Waals surface area contributed by atoms with E-state index in [0.29, 0.717) is 11.4 Å². The monoisotopic (exact) mass is 393 g/mol.